The third-order valence-electron chi connectivity index (χ3n) is 7.13. The van der Waals surface area contributed by atoms with Crippen molar-refractivity contribution in [1.82, 2.24) is 9.13 Å². The smallest absolute Gasteiger partial charge is 0.352 e. The van der Waals surface area contributed by atoms with Crippen LogP contribution in [0, 0.1) is 0 Å². The van der Waals surface area contributed by atoms with Gasteiger partial charge in [-0.1, -0.05) is 52.0 Å². The van der Waals surface area contributed by atoms with Gasteiger partial charge in [0.05, 0.1) is 16.6 Å². The highest BCUT2D eigenvalue weighted by Gasteiger charge is 2.22. The summed E-state index contributed by atoms with van der Waals surface area (Å²) in [6.45, 7) is 8.73. The lowest BCUT2D eigenvalue weighted by Gasteiger charge is -2.21. The molecule has 178 valence electrons. The molecule has 3 N–H and O–H groups in total. The number of rotatable bonds is 7. The average molecular weight is 460 g/mol. The lowest BCUT2D eigenvalue weighted by Crippen LogP contribution is -2.10. The molecule has 2 aromatic heterocycles. The molecular weight excluding hydrogens is 426 g/mol. The van der Waals surface area contributed by atoms with Gasteiger partial charge < -0.3 is 20.0 Å². The standard InChI is InChI=1S/C28H33N3O3/c1-15(2)22-12-18(11-19-13-24(28(33)34)31(6)25(19)22)16(3)10-17(4)20-8-7-9-21-23(27(29)32)14-30(5)26(20)21/h7-9,11-17H,10H2,1-6H3,(H2,29,32)(H,33,34). The molecule has 34 heavy (non-hydrogen) atoms. The Morgan fingerprint density at radius 2 is 1.68 bits per heavy atom. The molecule has 2 unspecified atom stereocenters. The molecule has 2 atom stereocenters. The fraction of sp³-hybridized carbons (Fsp3) is 0.357. The first kappa shape index (κ1) is 23.6. The Morgan fingerprint density at radius 1 is 0.971 bits per heavy atom. The topological polar surface area (TPSA) is 90.2 Å². The summed E-state index contributed by atoms with van der Waals surface area (Å²) in [5.74, 6) is -0.552. The molecule has 0 saturated heterocycles. The lowest BCUT2D eigenvalue weighted by atomic mass is 9.84. The number of hydrogen-bond acceptors (Lipinski definition) is 2. The molecule has 0 aliphatic carbocycles. The number of benzene rings is 2. The first-order chi connectivity index (χ1) is 16.0. The van der Waals surface area contributed by atoms with Crippen molar-refractivity contribution in [2.24, 2.45) is 19.8 Å². The summed E-state index contributed by atoms with van der Waals surface area (Å²) in [6.07, 6.45) is 2.72. The third-order valence-corrected chi connectivity index (χ3v) is 7.13. The Bertz CT molecular complexity index is 1420. The van der Waals surface area contributed by atoms with Crippen molar-refractivity contribution in [3.05, 3.63) is 70.5 Å². The lowest BCUT2D eigenvalue weighted by molar-refractivity contribution is 0.0686. The number of nitrogens with zero attached hydrogens (tertiary/aromatic N) is 2. The molecule has 6 nitrogen and oxygen atoms in total. The van der Waals surface area contributed by atoms with Crippen LogP contribution in [0.25, 0.3) is 21.8 Å². The molecule has 4 rings (SSSR count). The second kappa shape index (κ2) is 8.67. The zero-order chi connectivity index (χ0) is 24.9. The molecule has 0 aliphatic rings. The largest absolute Gasteiger partial charge is 0.477 e. The number of fused-ring (bicyclic) bond motifs is 2. The minimum atomic E-state index is -0.914. The Balaban J connectivity index is 1.73. The monoisotopic (exact) mass is 459 g/mol. The van der Waals surface area contributed by atoms with Crippen molar-refractivity contribution in [1.29, 1.82) is 0 Å². The van der Waals surface area contributed by atoms with Gasteiger partial charge in [-0.3, -0.25) is 4.79 Å². The number of primary amides is 1. The zero-order valence-corrected chi connectivity index (χ0v) is 20.7. The summed E-state index contributed by atoms with van der Waals surface area (Å²) < 4.78 is 3.78. The van der Waals surface area contributed by atoms with Gasteiger partial charge in [-0.25, -0.2) is 4.79 Å². The fourth-order valence-electron chi connectivity index (χ4n) is 5.38. The van der Waals surface area contributed by atoms with E-state index in [9.17, 15) is 14.7 Å². The van der Waals surface area contributed by atoms with E-state index in [1.807, 2.05) is 37.0 Å². The molecule has 2 heterocycles. The molecule has 2 aromatic carbocycles. The van der Waals surface area contributed by atoms with Crippen molar-refractivity contribution in [3.8, 4) is 0 Å². The number of carboxylic acids is 1. The SMILES string of the molecule is CC(C)c1cc(C(C)CC(C)c2cccc3c(C(N)=O)cn(C)c23)cc2cc(C(=O)O)n(C)c12. The third kappa shape index (κ3) is 3.87. The number of carbonyl (C=O) groups excluding carboxylic acids is 1. The highest BCUT2D eigenvalue weighted by atomic mass is 16.4. The van der Waals surface area contributed by atoms with E-state index >= 15 is 0 Å². The van der Waals surface area contributed by atoms with Crippen LogP contribution in [0.3, 0.4) is 0 Å². The summed E-state index contributed by atoms with van der Waals surface area (Å²) in [5, 5.41) is 11.5. The van der Waals surface area contributed by atoms with Crippen molar-refractivity contribution >= 4 is 33.7 Å². The maximum Gasteiger partial charge on any atom is 0.352 e. The molecular formula is C28H33N3O3. The second-order valence-corrected chi connectivity index (χ2v) is 9.90. The van der Waals surface area contributed by atoms with E-state index in [4.69, 9.17) is 5.73 Å². The number of aryl methyl sites for hydroxylation is 2. The van der Waals surface area contributed by atoms with Gasteiger partial charge >= 0.3 is 5.97 Å². The quantitative estimate of drug-likeness (QED) is 0.361. The Labute approximate surface area is 200 Å². The summed E-state index contributed by atoms with van der Waals surface area (Å²) in [7, 11) is 3.77. The van der Waals surface area contributed by atoms with Gasteiger partial charge in [-0.05, 0) is 53.0 Å². The number of nitrogens with two attached hydrogens (primary N) is 1. The predicted octanol–water partition coefficient (Wildman–Crippen LogP) is 5.89. The van der Waals surface area contributed by atoms with E-state index in [0.717, 1.165) is 33.8 Å². The van der Waals surface area contributed by atoms with Crippen LogP contribution in [0.15, 0.2) is 42.6 Å². The van der Waals surface area contributed by atoms with Crippen LogP contribution >= 0.6 is 0 Å². The van der Waals surface area contributed by atoms with E-state index in [0.29, 0.717) is 11.3 Å². The van der Waals surface area contributed by atoms with E-state index in [1.165, 1.54) is 11.1 Å². The van der Waals surface area contributed by atoms with E-state index in [1.54, 1.807) is 10.6 Å². The average Bonchev–Trinajstić information content (AvgIpc) is 3.30. The highest BCUT2D eigenvalue weighted by Crippen LogP contribution is 2.37. The first-order valence-corrected chi connectivity index (χ1v) is 11.8. The van der Waals surface area contributed by atoms with Crippen LogP contribution in [0.5, 0.6) is 0 Å². The van der Waals surface area contributed by atoms with Gasteiger partial charge in [0.1, 0.15) is 5.69 Å². The minimum Gasteiger partial charge on any atom is -0.477 e. The zero-order valence-electron chi connectivity index (χ0n) is 20.7. The van der Waals surface area contributed by atoms with Crippen LogP contribution < -0.4 is 5.73 Å². The fourth-order valence-corrected chi connectivity index (χ4v) is 5.38. The Hall–Kier alpha value is -3.54. The number of aromatic carboxylic acids is 1. The predicted molar refractivity (Wildman–Crippen MR) is 137 cm³/mol. The maximum atomic E-state index is 11.9. The molecule has 6 heteroatoms. The Morgan fingerprint density at radius 3 is 2.29 bits per heavy atom. The number of para-hydroxylation sites is 1. The number of carbonyl (C=O) groups is 2. The number of aromatic nitrogens is 2. The summed E-state index contributed by atoms with van der Waals surface area (Å²) in [4.78, 5) is 23.6. The van der Waals surface area contributed by atoms with Gasteiger partial charge in [0.25, 0.3) is 5.91 Å². The first-order valence-electron chi connectivity index (χ1n) is 11.8. The van der Waals surface area contributed by atoms with Crippen LogP contribution in [0.1, 0.15) is 89.4 Å². The molecule has 0 spiro atoms. The number of amides is 1. The number of carboxylic acid groups (broad SMARTS) is 1. The minimum absolute atomic E-state index is 0.247. The van der Waals surface area contributed by atoms with Gasteiger partial charge in [0.2, 0.25) is 0 Å². The molecule has 0 bridgehead atoms. The number of hydrogen-bond donors (Lipinski definition) is 2. The van der Waals surface area contributed by atoms with Crippen molar-refractivity contribution in [2.75, 3.05) is 0 Å². The molecule has 0 saturated carbocycles. The normalized spacial score (nSPS) is 13.6. The van der Waals surface area contributed by atoms with E-state index in [-0.39, 0.29) is 17.8 Å². The summed E-state index contributed by atoms with van der Waals surface area (Å²) >= 11 is 0. The van der Waals surface area contributed by atoms with Crippen LogP contribution in [-0.2, 0) is 14.1 Å². The van der Waals surface area contributed by atoms with Gasteiger partial charge in [-0.15, -0.1) is 0 Å². The van der Waals surface area contributed by atoms with E-state index in [2.05, 4.69) is 45.9 Å². The van der Waals surface area contributed by atoms with Crippen molar-refractivity contribution < 1.29 is 14.7 Å². The van der Waals surface area contributed by atoms with Gasteiger partial charge in [-0.2, -0.15) is 0 Å². The van der Waals surface area contributed by atoms with Crippen molar-refractivity contribution in [2.45, 2.75) is 51.9 Å². The highest BCUT2D eigenvalue weighted by molar-refractivity contribution is 6.07. The molecule has 1 amide bonds. The van der Waals surface area contributed by atoms with Gasteiger partial charge in [0, 0.05) is 31.1 Å². The van der Waals surface area contributed by atoms with Crippen molar-refractivity contribution in [3.63, 3.8) is 0 Å². The van der Waals surface area contributed by atoms with Crippen LogP contribution in [-0.4, -0.2) is 26.1 Å². The molecule has 0 aliphatic heterocycles. The maximum absolute atomic E-state index is 11.9. The van der Waals surface area contributed by atoms with Crippen LogP contribution in [0.4, 0.5) is 0 Å². The Kier molecular flexibility index (Phi) is 6.02. The van der Waals surface area contributed by atoms with Crippen LogP contribution in [0.2, 0.25) is 0 Å². The van der Waals surface area contributed by atoms with Gasteiger partial charge in [0.15, 0.2) is 0 Å². The second-order valence-electron chi connectivity index (χ2n) is 9.90. The molecule has 0 fully saturated rings. The molecule has 4 aromatic rings. The summed E-state index contributed by atoms with van der Waals surface area (Å²) in [5.41, 5.74) is 12.0. The molecule has 0 radical (unpaired) electrons. The van der Waals surface area contributed by atoms with E-state index < -0.39 is 11.9 Å². The summed E-state index contributed by atoms with van der Waals surface area (Å²) in [6, 6.07) is 12.2.